The van der Waals surface area contributed by atoms with Crippen LogP contribution in [0.25, 0.3) is 11.1 Å². The summed E-state index contributed by atoms with van der Waals surface area (Å²) >= 11 is 0. The van der Waals surface area contributed by atoms with Crippen molar-refractivity contribution in [2.45, 2.75) is 12.0 Å². The first kappa shape index (κ1) is 15.2. The van der Waals surface area contributed by atoms with Crippen LogP contribution in [0, 0.1) is 0 Å². The Bertz CT molecular complexity index is 711. The van der Waals surface area contributed by atoms with Gasteiger partial charge in [0.2, 0.25) is 5.91 Å². The lowest BCUT2D eigenvalue weighted by Gasteiger charge is -2.23. The predicted octanol–water partition coefficient (Wildman–Crippen LogP) is 2.01. The van der Waals surface area contributed by atoms with Crippen LogP contribution in [0.4, 0.5) is 0 Å². The number of carboxylic acids is 1. The van der Waals surface area contributed by atoms with Crippen molar-refractivity contribution in [3.05, 3.63) is 59.7 Å². The summed E-state index contributed by atoms with van der Waals surface area (Å²) in [5.74, 6) is -1.92. The van der Waals surface area contributed by atoms with Gasteiger partial charge in [0.1, 0.15) is 12.6 Å². The van der Waals surface area contributed by atoms with Gasteiger partial charge in [0, 0.05) is 13.0 Å². The molecule has 0 spiro atoms. The van der Waals surface area contributed by atoms with Gasteiger partial charge < -0.3 is 15.2 Å². The van der Waals surface area contributed by atoms with Crippen LogP contribution < -0.4 is 5.32 Å². The fourth-order valence-corrected chi connectivity index (χ4v) is 3.19. The van der Waals surface area contributed by atoms with Crippen molar-refractivity contribution in [2.24, 2.45) is 0 Å². The summed E-state index contributed by atoms with van der Waals surface area (Å²) in [6, 6.07) is 14.4. The number of carboxylic acid groups (broad SMARTS) is 1. The molecular formula is C18H17NO4. The van der Waals surface area contributed by atoms with E-state index in [0.717, 1.165) is 22.3 Å². The number of carbonyl (C=O) groups is 2. The first-order valence-electron chi connectivity index (χ1n) is 7.33. The smallest absolute Gasteiger partial charge is 0.327 e. The first-order valence-corrected chi connectivity index (χ1v) is 7.33. The van der Waals surface area contributed by atoms with E-state index in [2.05, 4.69) is 5.32 Å². The summed E-state index contributed by atoms with van der Waals surface area (Å²) in [5, 5.41) is 12.2. The number of methoxy groups -OCH3 is 1. The van der Waals surface area contributed by atoms with E-state index < -0.39 is 23.8 Å². The predicted molar refractivity (Wildman–Crippen MR) is 85.2 cm³/mol. The summed E-state index contributed by atoms with van der Waals surface area (Å²) in [6.07, 6.45) is 0. The van der Waals surface area contributed by atoms with Crippen molar-refractivity contribution in [3.8, 4) is 11.1 Å². The quantitative estimate of drug-likeness (QED) is 0.886. The Labute approximate surface area is 133 Å². The molecule has 0 heterocycles. The van der Waals surface area contributed by atoms with Gasteiger partial charge >= 0.3 is 5.97 Å². The minimum absolute atomic E-state index is 0.167. The Morgan fingerprint density at radius 1 is 1.09 bits per heavy atom. The van der Waals surface area contributed by atoms with Crippen LogP contribution in [0.1, 0.15) is 17.0 Å². The van der Waals surface area contributed by atoms with Crippen molar-refractivity contribution < 1.29 is 19.4 Å². The lowest BCUT2D eigenvalue weighted by Crippen LogP contribution is -2.46. The summed E-state index contributed by atoms with van der Waals surface area (Å²) < 4.78 is 4.78. The SMILES string of the molecule is COCC(=O)N[C@H](C(=O)O)C1c2ccccc2-c2ccccc21. The van der Waals surface area contributed by atoms with Gasteiger partial charge in [-0.2, -0.15) is 0 Å². The maximum atomic E-state index is 11.8. The zero-order valence-electron chi connectivity index (χ0n) is 12.7. The lowest BCUT2D eigenvalue weighted by molar-refractivity contribution is -0.142. The van der Waals surface area contributed by atoms with Gasteiger partial charge in [-0.05, 0) is 22.3 Å². The van der Waals surface area contributed by atoms with Crippen LogP contribution >= 0.6 is 0 Å². The normalized spacial score (nSPS) is 14.0. The summed E-state index contributed by atoms with van der Waals surface area (Å²) in [5.41, 5.74) is 3.86. The zero-order valence-corrected chi connectivity index (χ0v) is 12.7. The van der Waals surface area contributed by atoms with Gasteiger partial charge in [-0.25, -0.2) is 4.79 Å². The van der Waals surface area contributed by atoms with E-state index in [1.54, 1.807) is 0 Å². The number of nitrogens with one attached hydrogen (secondary N) is 1. The van der Waals surface area contributed by atoms with E-state index in [1.165, 1.54) is 7.11 Å². The molecule has 1 amide bonds. The van der Waals surface area contributed by atoms with Gasteiger partial charge in [0.15, 0.2) is 0 Å². The molecule has 0 radical (unpaired) electrons. The number of ether oxygens (including phenoxy) is 1. The lowest BCUT2D eigenvalue weighted by atomic mass is 9.89. The van der Waals surface area contributed by atoms with Crippen LogP contribution in [0.3, 0.4) is 0 Å². The van der Waals surface area contributed by atoms with Crippen molar-refractivity contribution in [1.82, 2.24) is 5.32 Å². The number of aliphatic carboxylic acids is 1. The van der Waals surface area contributed by atoms with Crippen molar-refractivity contribution >= 4 is 11.9 Å². The summed E-state index contributed by atoms with van der Waals surface area (Å²) in [7, 11) is 1.40. The molecule has 0 aliphatic heterocycles. The maximum absolute atomic E-state index is 11.8. The molecule has 2 aromatic carbocycles. The van der Waals surface area contributed by atoms with Gasteiger partial charge in [-0.15, -0.1) is 0 Å². The van der Waals surface area contributed by atoms with Crippen LogP contribution in [-0.4, -0.2) is 36.7 Å². The second kappa shape index (κ2) is 6.22. The molecule has 5 nitrogen and oxygen atoms in total. The van der Waals surface area contributed by atoms with Gasteiger partial charge in [-0.1, -0.05) is 48.5 Å². The molecule has 0 unspecified atom stereocenters. The average Bonchev–Trinajstić information content (AvgIpc) is 2.87. The second-order valence-electron chi connectivity index (χ2n) is 5.47. The van der Waals surface area contributed by atoms with Gasteiger partial charge in [0.05, 0.1) is 0 Å². The number of rotatable bonds is 5. The Morgan fingerprint density at radius 3 is 2.09 bits per heavy atom. The molecule has 0 saturated heterocycles. The number of carbonyl (C=O) groups excluding carboxylic acids is 1. The minimum Gasteiger partial charge on any atom is -0.480 e. The molecule has 23 heavy (non-hydrogen) atoms. The second-order valence-corrected chi connectivity index (χ2v) is 5.47. The Morgan fingerprint density at radius 2 is 1.61 bits per heavy atom. The number of amides is 1. The van der Waals surface area contributed by atoms with Crippen molar-refractivity contribution in [1.29, 1.82) is 0 Å². The fourth-order valence-electron chi connectivity index (χ4n) is 3.19. The highest BCUT2D eigenvalue weighted by molar-refractivity contribution is 5.89. The zero-order chi connectivity index (χ0) is 16.4. The maximum Gasteiger partial charge on any atom is 0.327 e. The Kier molecular flexibility index (Phi) is 4.12. The fraction of sp³-hybridized carbons (Fsp3) is 0.222. The van der Waals surface area contributed by atoms with Crippen LogP contribution in [-0.2, 0) is 14.3 Å². The standard InChI is InChI=1S/C18H17NO4/c1-23-10-15(20)19-17(18(21)22)16-13-8-4-2-6-11(13)12-7-3-5-9-14(12)16/h2-9,16-17H,10H2,1H3,(H,19,20)(H,21,22)/t17-/m0/s1. The van der Waals surface area contributed by atoms with E-state index in [0.29, 0.717) is 0 Å². The molecule has 2 aromatic rings. The van der Waals surface area contributed by atoms with Crippen LogP contribution in [0.5, 0.6) is 0 Å². The molecule has 3 rings (SSSR count). The molecule has 0 bridgehead atoms. The summed E-state index contributed by atoms with van der Waals surface area (Å²) in [6.45, 7) is -0.167. The Balaban J connectivity index is 2.06. The van der Waals surface area contributed by atoms with Gasteiger partial charge in [0.25, 0.3) is 0 Å². The van der Waals surface area contributed by atoms with E-state index in [-0.39, 0.29) is 6.61 Å². The molecule has 0 aromatic heterocycles. The van der Waals surface area contributed by atoms with E-state index in [9.17, 15) is 14.7 Å². The average molecular weight is 311 g/mol. The minimum atomic E-state index is -1.06. The molecule has 118 valence electrons. The van der Waals surface area contributed by atoms with E-state index in [4.69, 9.17) is 4.74 Å². The topological polar surface area (TPSA) is 75.6 Å². The van der Waals surface area contributed by atoms with Crippen molar-refractivity contribution in [3.63, 3.8) is 0 Å². The first-order chi connectivity index (χ1) is 11.1. The van der Waals surface area contributed by atoms with E-state index in [1.807, 2.05) is 48.5 Å². The highest BCUT2D eigenvalue weighted by Crippen LogP contribution is 2.46. The molecule has 1 aliphatic carbocycles. The molecule has 1 atom stereocenters. The third kappa shape index (κ3) is 2.71. The van der Waals surface area contributed by atoms with Gasteiger partial charge in [-0.3, -0.25) is 4.79 Å². The molecular weight excluding hydrogens is 294 g/mol. The van der Waals surface area contributed by atoms with Crippen LogP contribution in [0.15, 0.2) is 48.5 Å². The number of fused-ring (bicyclic) bond motifs is 3. The number of benzene rings is 2. The number of hydrogen-bond acceptors (Lipinski definition) is 3. The summed E-state index contributed by atoms with van der Waals surface area (Å²) in [4.78, 5) is 23.6. The molecule has 1 aliphatic rings. The molecule has 0 saturated carbocycles. The Hall–Kier alpha value is -2.66. The number of hydrogen-bond donors (Lipinski definition) is 2. The highest BCUT2D eigenvalue weighted by atomic mass is 16.5. The molecule has 5 heteroatoms. The third-order valence-corrected chi connectivity index (χ3v) is 4.07. The monoisotopic (exact) mass is 311 g/mol. The third-order valence-electron chi connectivity index (χ3n) is 4.07. The largest absolute Gasteiger partial charge is 0.480 e. The molecule has 2 N–H and O–H groups in total. The highest BCUT2D eigenvalue weighted by Gasteiger charge is 2.38. The van der Waals surface area contributed by atoms with Crippen molar-refractivity contribution in [2.75, 3.05) is 13.7 Å². The van der Waals surface area contributed by atoms with Crippen LogP contribution in [0.2, 0.25) is 0 Å². The van der Waals surface area contributed by atoms with E-state index >= 15 is 0 Å². The molecule has 0 fully saturated rings.